The summed E-state index contributed by atoms with van der Waals surface area (Å²) in [6, 6.07) is 51.4. The van der Waals surface area contributed by atoms with Crippen LogP contribution < -0.4 is 0 Å². The summed E-state index contributed by atoms with van der Waals surface area (Å²) >= 11 is 1.84. The molecule has 4 aromatic heterocycles. The molecule has 0 saturated heterocycles. The van der Waals surface area contributed by atoms with E-state index in [2.05, 4.69) is 163 Å². The highest BCUT2D eigenvalue weighted by molar-refractivity contribution is 7.26. The van der Waals surface area contributed by atoms with E-state index in [-0.39, 0.29) is 0 Å². The van der Waals surface area contributed by atoms with Crippen LogP contribution in [0.2, 0.25) is 0 Å². The topological polar surface area (TPSA) is 22.8 Å². The Morgan fingerprint density at radius 2 is 1.18 bits per heavy atom. The van der Waals surface area contributed by atoms with Crippen molar-refractivity contribution in [3.63, 3.8) is 0 Å². The second-order valence-corrected chi connectivity index (χ2v) is 14.6. The van der Waals surface area contributed by atoms with Gasteiger partial charge in [0.05, 0.1) is 26.8 Å². The lowest BCUT2D eigenvalue weighted by atomic mass is 9.94. The second kappa shape index (κ2) is 11.4. The van der Waals surface area contributed by atoms with E-state index < -0.39 is 0 Å². The Morgan fingerprint density at radius 1 is 0.560 bits per heavy atom. The largest absolute Gasteiger partial charge is 0.309 e. The van der Waals surface area contributed by atoms with Gasteiger partial charge in [0.25, 0.3) is 0 Å². The van der Waals surface area contributed by atoms with Crippen LogP contribution in [0.25, 0.3) is 86.4 Å². The van der Waals surface area contributed by atoms with Crippen LogP contribution in [0.1, 0.15) is 38.2 Å². The molecule has 3 nitrogen and oxygen atoms in total. The summed E-state index contributed by atoms with van der Waals surface area (Å²) in [5.74, 6) is 1.50. The molecule has 4 heterocycles. The van der Waals surface area contributed by atoms with Crippen LogP contribution in [0.4, 0.5) is 0 Å². The number of hydrogen-bond donors (Lipinski definition) is 0. The molecule has 0 fully saturated rings. The van der Waals surface area contributed by atoms with Crippen molar-refractivity contribution in [1.29, 1.82) is 0 Å². The number of benzene rings is 6. The molecule has 4 heteroatoms. The molecule has 0 radical (unpaired) electrons. The van der Waals surface area contributed by atoms with Gasteiger partial charge in [-0.1, -0.05) is 93.1 Å². The molecule has 6 aromatic carbocycles. The van der Waals surface area contributed by atoms with Gasteiger partial charge in [-0.15, -0.1) is 11.3 Å². The number of fused-ring (bicyclic) bond motifs is 9. The maximum absolute atomic E-state index is 5.07. The van der Waals surface area contributed by atoms with Gasteiger partial charge in [-0.2, -0.15) is 0 Å². The SMILES string of the molecule is CCCC(C)c1ccc2c(c1)c1cc(-c3ccc4c(c3)c3ccccc3n4-c3ccccc3)ccc1n2-c1nccc2c1sc1ccccc12. The first kappa shape index (κ1) is 29.2. The fraction of sp³-hybridized carbons (Fsp3) is 0.109. The molecule has 10 aromatic rings. The Bertz CT molecular complexity index is 2910. The van der Waals surface area contributed by atoms with Crippen LogP contribution in [0.5, 0.6) is 0 Å². The monoisotopic (exact) mass is 661 g/mol. The molecular formula is C46H35N3S. The molecule has 0 spiro atoms. The molecule has 0 aliphatic heterocycles. The van der Waals surface area contributed by atoms with Crippen molar-refractivity contribution in [3.05, 3.63) is 151 Å². The van der Waals surface area contributed by atoms with Crippen molar-refractivity contribution >= 4 is 75.1 Å². The lowest BCUT2D eigenvalue weighted by molar-refractivity contribution is 0.665. The van der Waals surface area contributed by atoms with Crippen molar-refractivity contribution in [2.45, 2.75) is 32.6 Å². The Kier molecular flexibility index (Phi) is 6.68. The van der Waals surface area contributed by atoms with Gasteiger partial charge in [-0.25, -0.2) is 4.98 Å². The highest BCUT2D eigenvalue weighted by Gasteiger charge is 2.20. The zero-order valence-corrected chi connectivity index (χ0v) is 28.9. The zero-order valence-electron chi connectivity index (χ0n) is 28.1. The van der Waals surface area contributed by atoms with E-state index in [9.17, 15) is 0 Å². The van der Waals surface area contributed by atoms with Gasteiger partial charge >= 0.3 is 0 Å². The van der Waals surface area contributed by atoms with Gasteiger partial charge in [-0.3, -0.25) is 4.57 Å². The molecule has 50 heavy (non-hydrogen) atoms. The first-order valence-electron chi connectivity index (χ1n) is 17.6. The van der Waals surface area contributed by atoms with Gasteiger partial charge in [0.15, 0.2) is 5.82 Å². The van der Waals surface area contributed by atoms with Crippen LogP contribution in [-0.2, 0) is 0 Å². The molecule has 1 unspecified atom stereocenters. The summed E-state index contributed by atoms with van der Waals surface area (Å²) < 4.78 is 7.29. The summed E-state index contributed by atoms with van der Waals surface area (Å²) in [5.41, 5.74) is 9.83. The molecule has 1 atom stereocenters. The van der Waals surface area contributed by atoms with Gasteiger partial charge in [0.1, 0.15) is 0 Å². The van der Waals surface area contributed by atoms with Crippen molar-refractivity contribution in [3.8, 4) is 22.6 Å². The average molecular weight is 662 g/mol. The fourth-order valence-electron chi connectivity index (χ4n) is 8.16. The van der Waals surface area contributed by atoms with Crippen LogP contribution in [-0.4, -0.2) is 14.1 Å². The lowest BCUT2D eigenvalue weighted by Crippen LogP contribution is -1.98. The van der Waals surface area contributed by atoms with Gasteiger partial charge < -0.3 is 4.57 Å². The Hall–Kier alpha value is -5.71. The first-order chi connectivity index (χ1) is 24.7. The third kappa shape index (κ3) is 4.38. The molecule has 10 rings (SSSR count). The van der Waals surface area contributed by atoms with Gasteiger partial charge in [-0.05, 0) is 95.8 Å². The third-order valence-electron chi connectivity index (χ3n) is 10.6. The standard InChI is InChI=1S/C46H35N3S/c1-3-11-29(2)30-18-21-42-38(26-30)39-28-32(20-23-43(39)49(42)46-45-36(24-25-47-46)35-15-8-10-17-44(35)50-45)31-19-22-41-37(27-31)34-14-7-9-16-40(34)48(41)33-12-5-4-6-13-33/h4-10,12-29H,3,11H2,1-2H3. The zero-order chi connectivity index (χ0) is 33.3. The van der Waals surface area contributed by atoms with E-state index in [0.29, 0.717) is 5.92 Å². The number of nitrogens with zero attached hydrogens (tertiary/aromatic N) is 3. The highest BCUT2D eigenvalue weighted by Crippen LogP contribution is 2.42. The summed E-state index contributed by atoms with van der Waals surface area (Å²) in [5, 5.41) is 7.62. The molecule has 0 aliphatic carbocycles. The van der Waals surface area contributed by atoms with E-state index in [0.717, 1.165) is 5.82 Å². The Labute approximate surface area is 294 Å². The van der Waals surface area contributed by atoms with Crippen LogP contribution in [0.15, 0.2) is 146 Å². The summed E-state index contributed by atoms with van der Waals surface area (Å²) in [6.45, 7) is 4.63. The lowest BCUT2D eigenvalue weighted by Gasteiger charge is -2.12. The molecule has 240 valence electrons. The van der Waals surface area contributed by atoms with Gasteiger partial charge in [0.2, 0.25) is 0 Å². The van der Waals surface area contributed by atoms with Crippen molar-refractivity contribution in [1.82, 2.24) is 14.1 Å². The maximum atomic E-state index is 5.07. The summed E-state index contributed by atoms with van der Waals surface area (Å²) in [7, 11) is 0. The minimum absolute atomic E-state index is 0.500. The number of para-hydroxylation sites is 2. The molecular weight excluding hydrogens is 627 g/mol. The van der Waals surface area contributed by atoms with Crippen molar-refractivity contribution in [2.75, 3.05) is 0 Å². The normalized spacial score (nSPS) is 12.7. The van der Waals surface area contributed by atoms with Crippen LogP contribution >= 0.6 is 11.3 Å². The van der Waals surface area contributed by atoms with Gasteiger partial charge in [0, 0.05) is 48.9 Å². The number of thiophene rings is 1. The van der Waals surface area contributed by atoms with Crippen LogP contribution in [0, 0.1) is 0 Å². The number of aromatic nitrogens is 3. The molecule has 0 bridgehead atoms. The first-order valence-corrected chi connectivity index (χ1v) is 18.4. The van der Waals surface area contributed by atoms with Crippen LogP contribution in [0.3, 0.4) is 0 Å². The summed E-state index contributed by atoms with van der Waals surface area (Å²) in [4.78, 5) is 5.07. The van der Waals surface area contributed by atoms with Crippen molar-refractivity contribution in [2.24, 2.45) is 0 Å². The molecule has 0 aliphatic rings. The van der Waals surface area contributed by atoms with E-state index in [4.69, 9.17) is 4.98 Å². The fourth-order valence-corrected chi connectivity index (χ4v) is 9.34. The highest BCUT2D eigenvalue weighted by atomic mass is 32.1. The van der Waals surface area contributed by atoms with E-state index in [1.807, 2.05) is 17.5 Å². The van der Waals surface area contributed by atoms with E-state index >= 15 is 0 Å². The maximum Gasteiger partial charge on any atom is 0.155 e. The predicted octanol–water partition coefficient (Wildman–Crippen LogP) is 13.2. The number of rotatable bonds is 6. The summed E-state index contributed by atoms with van der Waals surface area (Å²) in [6.07, 6.45) is 4.32. The number of pyridine rings is 1. The molecule has 0 saturated carbocycles. The molecule has 0 N–H and O–H groups in total. The Morgan fingerprint density at radius 3 is 1.96 bits per heavy atom. The van der Waals surface area contributed by atoms with Crippen molar-refractivity contribution < 1.29 is 0 Å². The third-order valence-corrected chi connectivity index (χ3v) is 11.8. The Balaban J connectivity index is 1.21. The van der Waals surface area contributed by atoms with E-state index in [1.54, 1.807) is 0 Å². The predicted molar refractivity (Wildman–Crippen MR) is 215 cm³/mol. The number of hydrogen-bond acceptors (Lipinski definition) is 2. The quantitative estimate of drug-likeness (QED) is 0.174. The smallest absolute Gasteiger partial charge is 0.155 e. The van der Waals surface area contributed by atoms with E-state index in [1.165, 1.54) is 99.0 Å². The second-order valence-electron chi connectivity index (χ2n) is 13.6. The minimum atomic E-state index is 0.500. The minimum Gasteiger partial charge on any atom is -0.309 e. The molecule has 0 amide bonds. The average Bonchev–Trinajstić information content (AvgIpc) is 3.82.